The van der Waals surface area contributed by atoms with Crippen LogP contribution in [0, 0.1) is 18.6 Å². The summed E-state index contributed by atoms with van der Waals surface area (Å²) in [4.78, 5) is 12.4. The van der Waals surface area contributed by atoms with Crippen molar-refractivity contribution < 1.29 is 31.5 Å². The van der Waals surface area contributed by atoms with Gasteiger partial charge in [-0.3, -0.25) is 4.79 Å². The van der Waals surface area contributed by atoms with Gasteiger partial charge in [0.1, 0.15) is 11.6 Å². The smallest absolute Gasteiger partial charge is 0.306 e. The number of benzene rings is 4. The molecule has 0 radical (unpaired) electrons. The lowest BCUT2D eigenvalue weighted by atomic mass is 9.94. The molecule has 0 saturated heterocycles. The van der Waals surface area contributed by atoms with Crippen molar-refractivity contribution in [3.63, 3.8) is 0 Å². The highest BCUT2D eigenvalue weighted by Gasteiger charge is 2.24. The van der Waals surface area contributed by atoms with Crippen molar-refractivity contribution in [3.05, 3.63) is 131 Å². The minimum atomic E-state index is -3.97. The molecule has 2 aromatic heterocycles. The first-order valence-electron chi connectivity index (χ1n) is 16.0. The number of aromatic nitrogens is 3. The zero-order valence-electron chi connectivity index (χ0n) is 27.9. The molecule has 0 fully saturated rings. The Bertz CT molecular complexity index is 2300. The molecule has 0 N–H and O–H groups in total. The molecule has 0 aliphatic heterocycles. The summed E-state index contributed by atoms with van der Waals surface area (Å²) >= 11 is 1.25. The molecule has 8 nitrogen and oxygen atoms in total. The Labute approximate surface area is 293 Å². The average Bonchev–Trinajstić information content (AvgIpc) is 3.77. The van der Waals surface area contributed by atoms with Gasteiger partial charge in [0.25, 0.3) is 10.0 Å². The third kappa shape index (κ3) is 6.90. The molecule has 0 amide bonds. The van der Waals surface area contributed by atoms with E-state index >= 15 is 8.78 Å². The minimum absolute atomic E-state index is 0.0271. The topological polar surface area (TPSA) is 92.4 Å². The molecule has 0 saturated carbocycles. The Morgan fingerprint density at radius 3 is 2.48 bits per heavy atom. The van der Waals surface area contributed by atoms with Gasteiger partial charge in [0, 0.05) is 42.3 Å². The number of hydrogen-bond acceptors (Lipinski definition) is 7. The van der Waals surface area contributed by atoms with Gasteiger partial charge in [0.2, 0.25) is 0 Å². The Hall–Kier alpha value is -4.94. The quantitative estimate of drug-likeness (QED) is 0.0924. The van der Waals surface area contributed by atoms with Gasteiger partial charge in [-0.2, -0.15) is 5.10 Å². The summed E-state index contributed by atoms with van der Waals surface area (Å²) in [6.45, 7) is 5.74. The average molecular weight is 716 g/mol. The van der Waals surface area contributed by atoms with Gasteiger partial charge < -0.3 is 9.47 Å². The highest BCUT2D eigenvalue weighted by molar-refractivity contribution is 7.99. The Balaban J connectivity index is 1.25. The zero-order valence-corrected chi connectivity index (χ0v) is 29.5. The molecular weight excluding hydrogens is 681 g/mol. The summed E-state index contributed by atoms with van der Waals surface area (Å²) in [7, 11) is -3.97. The van der Waals surface area contributed by atoms with E-state index in [1.54, 1.807) is 84.7 Å². The van der Waals surface area contributed by atoms with Crippen molar-refractivity contribution in [1.82, 2.24) is 13.8 Å². The number of ether oxygens (including phenoxy) is 2. The molecule has 0 bridgehead atoms. The highest BCUT2D eigenvalue weighted by Crippen LogP contribution is 2.41. The largest absolute Gasteiger partial charge is 0.466 e. The standard InChI is InChI=1S/C38H35F2N3O5S2/c1-5-47-35(44)17-14-26-8-6-11-30(36(26)40)25(3)33-19-20-42(41-33)27-9-7-10-28(22-27)48-37-32(39)23-34-31(38(37)49-4)18-21-43(34)50(45,46)29-15-12-24(2)13-16-29/h6-13,15-16,18-23,25H,5,14,17H2,1-4H3. The Morgan fingerprint density at radius 2 is 1.74 bits per heavy atom. The number of carbonyl (C=O) groups excluding carboxylic acids is 1. The van der Waals surface area contributed by atoms with Crippen LogP contribution >= 0.6 is 11.8 Å². The summed E-state index contributed by atoms with van der Waals surface area (Å²) in [5, 5.41) is 5.24. The van der Waals surface area contributed by atoms with Gasteiger partial charge in [0.15, 0.2) is 11.6 Å². The molecule has 1 atom stereocenters. The van der Waals surface area contributed by atoms with E-state index in [0.717, 1.165) is 9.54 Å². The number of esters is 1. The lowest BCUT2D eigenvalue weighted by Gasteiger charge is -2.15. The normalized spacial score (nSPS) is 12.3. The predicted molar refractivity (Wildman–Crippen MR) is 190 cm³/mol. The molecule has 0 spiro atoms. The number of carbonyl (C=O) groups is 1. The summed E-state index contributed by atoms with van der Waals surface area (Å²) in [6.07, 6.45) is 5.27. The van der Waals surface area contributed by atoms with Crippen LogP contribution in [0.15, 0.2) is 107 Å². The molecule has 6 rings (SSSR count). The number of rotatable bonds is 12. The second-order valence-corrected chi connectivity index (χ2v) is 14.3. The van der Waals surface area contributed by atoms with Crippen LogP contribution in [0.1, 0.15) is 48.6 Å². The van der Waals surface area contributed by atoms with Crippen LogP contribution in [0.4, 0.5) is 8.78 Å². The van der Waals surface area contributed by atoms with E-state index in [2.05, 4.69) is 0 Å². The van der Waals surface area contributed by atoms with Gasteiger partial charge in [-0.15, -0.1) is 11.8 Å². The molecule has 2 heterocycles. The number of halogens is 2. The monoisotopic (exact) mass is 715 g/mol. The summed E-state index contributed by atoms with van der Waals surface area (Å²) < 4.78 is 72.1. The van der Waals surface area contributed by atoms with E-state index < -0.39 is 15.8 Å². The van der Waals surface area contributed by atoms with Crippen LogP contribution in [0.3, 0.4) is 0 Å². The zero-order chi connectivity index (χ0) is 35.6. The lowest BCUT2D eigenvalue weighted by Crippen LogP contribution is -2.12. The van der Waals surface area contributed by atoms with Gasteiger partial charge in [0.05, 0.1) is 33.3 Å². The van der Waals surface area contributed by atoms with Crippen LogP contribution in [-0.2, 0) is 26.0 Å². The molecule has 1 unspecified atom stereocenters. The number of thioether (sulfide) groups is 1. The van der Waals surface area contributed by atoms with Gasteiger partial charge in [-0.05, 0) is 74.0 Å². The van der Waals surface area contributed by atoms with Crippen LogP contribution in [0.2, 0.25) is 0 Å². The third-order valence-corrected chi connectivity index (χ3v) is 11.0. The van der Waals surface area contributed by atoms with Crippen molar-refractivity contribution in [2.75, 3.05) is 12.9 Å². The van der Waals surface area contributed by atoms with Gasteiger partial charge >= 0.3 is 5.97 Å². The van der Waals surface area contributed by atoms with Crippen LogP contribution < -0.4 is 4.74 Å². The van der Waals surface area contributed by atoms with Crippen molar-refractivity contribution in [2.45, 2.75) is 49.3 Å². The van der Waals surface area contributed by atoms with Crippen molar-refractivity contribution in [1.29, 1.82) is 0 Å². The second kappa shape index (κ2) is 14.5. The van der Waals surface area contributed by atoms with E-state index in [1.165, 1.54) is 36.2 Å². The molecule has 6 aromatic rings. The van der Waals surface area contributed by atoms with Crippen LogP contribution in [0.5, 0.6) is 11.5 Å². The summed E-state index contributed by atoms with van der Waals surface area (Å²) in [6, 6.07) is 23.2. The SMILES string of the molecule is CCOC(=O)CCc1cccc(C(C)c2ccn(-c3cccc(Oc4c(F)cc5c(ccn5S(=O)(=O)c5ccc(C)cc5)c4SC)c3)n2)c1F. The third-order valence-electron chi connectivity index (χ3n) is 8.44. The van der Waals surface area contributed by atoms with E-state index in [9.17, 15) is 13.2 Å². The maximum absolute atomic E-state index is 15.8. The number of nitrogens with zero attached hydrogens (tertiary/aromatic N) is 3. The molecule has 258 valence electrons. The first kappa shape index (κ1) is 34.9. The summed E-state index contributed by atoms with van der Waals surface area (Å²) in [5.41, 5.74) is 3.28. The highest BCUT2D eigenvalue weighted by atomic mass is 32.2. The summed E-state index contributed by atoms with van der Waals surface area (Å²) in [5.74, 6) is -1.53. The van der Waals surface area contributed by atoms with Crippen LogP contribution in [0.25, 0.3) is 16.6 Å². The Kier molecular flexibility index (Phi) is 10.1. The number of fused-ring (bicyclic) bond motifs is 1. The van der Waals surface area contributed by atoms with Gasteiger partial charge in [-0.1, -0.05) is 48.9 Å². The van der Waals surface area contributed by atoms with E-state index in [-0.39, 0.29) is 53.3 Å². The number of hydrogen-bond donors (Lipinski definition) is 0. The predicted octanol–water partition coefficient (Wildman–Crippen LogP) is 8.81. The van der Waals surface area contributed by atoms with Crippen LogP contribution in [-0.4, -0.2) is 41.0 Å². The fourth-order valence-corrected chi connectivity index (χ4v) is 7.84. The van der Waals surface area contributed by atoms with Crippen molar-refractivity contribution in [2.24, 2.45) is 0 Å². The maximum atomic E-state index is 15.8. The minimum Gasteiger partial charge on any atom is -0.466 e. The first-order chi connectivity index (χ1) is 24.0. The Morgan fingerprint density at radius 1 is 0.980 bits per heavy atom. The fourth-order valence-electron chi connectivity index (χ4n) is 5.78. The molecule has 0 aliphatic carbocycles. The molecule has 50 heavy (non-hydrogen) atoms. The first-order valence-corrected chi connectivity index (χ1v) is 18.6. The maximum Gasteiger partial charge on any atom is 0.306 e. The van der Waals surface area contributed by atoms with Crippen molar-refractivity contribution >= 4 is 38.7 Å². The number of aryl methyl sites for hydroxylation is 2. The molecular formula is C38H35F2N3O5S2. The lowest BCUT2D eigenvalue weighted by molar-refractivity contribution is -0.143. The second-order valence-electron chi connectivity index (χ2n) is 11.7. The van der Waals surface area contributed by atoms with Gasteiger partial charge in [-0.25, -0.2) is 25.9 Å². The van der Waals surface area contributed by atoms with Crippen molar-refractivity contribution in [3.8, 4) is 17.2 Å². The fraction of sp³-hybridized carbons (Fsp3) is 0.211. The van der Waals surface area contributed by atoms with E-state index in [4.69, 9.17) is 14.6 Å². The van der Waals surface area contributed by atoms with E-state index in [0.29, 0.717) is 38.5 Å². The molecule has 4 aromatic carbocycles. The van der Waals surface area contributed by atoms with E-state index in [1.807, 2.05) is 19.9 Å². The molecule has 12 heteroatoms. The molecule has 0 aliphatic rings.